The summed E-state index contributed by atoms with van der Waals surface area (Å²) in [6.07, 6.45) is 1.80. The van der Waals surface area contributed by atoms with Crippen molar-refractivity contribution in [2.45, 2.75) is 19.5 Å². The quantitative estimate of drug-likeness (QED) is 0.461. The van der Waals surface area contributed by atoms with Gasteiger partial charge in [0.2, 0.25) is 18.5 Å². The lowest BCUT2D eigenvalue weighted by molar-refractivity contribution is -0.122. The first-order chi connectivity index (χ1) is 16.1. The Balaban J connectivity index is 1.29. The van der Waals surface area contributed by atoms with Crippen molar-refractivity contribution < 1.29 is 23.5 Å². The summed E-state index contributed by atoms with van der Waals surface area (Å²) >= 11 is 0. The molecule has 0 saturated heterocycles. The number of fused-ring (bicyclic) bond motifs is 1. The maximum absolute atomic E-state index is 12.7. The highest BCUT2D eigenvalue weighted by Gasteiger charge is 2.19. The molecule has 3 heterocycles. The number of nitrogens with one attached hydrogen (secondary N) is 1. The molecule has 2 aromatic carbocycles. The molecule has 1 aliphatic rings. The second-order valence-corrected chi connectivity index (χ2v) is 7.58. The van der Waals surface area contributed by atoms with Crippen molar-refractivity contribution in [1.82, 2.24) is 20.0 Å². The van der Waals surface area contributed by atoms with Crippen molar-refractivity contribution in [3.63, 3.8) is 0 Å². The topological polar surface area (TPSA) is 101 Å². The Bertz CT molecular complexity index is 1300. The Hall–Kier alpha value is -4.27. The fraction of sp³-hybridized carbons (Fsp3) is 0.208. The van der Waals surface area contributed by atoms with Crippen LogP contribution in [-0.2, 0) is 11.3 Å². The predicted octanol–water partition coefficient (Wildman–Crippen LogP) is 3.82. The van der Waals surface area contributed by atoms with E-state index in [-0.39, 0.29) is 25.3 Å². The molecule has 0 saturated carbocycles. The molecule has 0 aliphatic carbocycles. The predicted molar refractivity (Wildman–Crippen MR) is 119 cm³/mol. The van der Waals surface area contributed by atoms with E-state index in [1.54, 1.807) is 17.9 Å². The summed E-state index contributed by atoms with van der Waals surface area (Å²) < 4.78 is 23.3. The van der Waals surface area contributed by atoms with Gasteiger partial charge in [0.1, 0.15) is 18.0 Å². The summed E-state index contributed by atoms with van der Waals surface area (Å²) in [7, 11) is 1.62. The third-order valence-corrected chi connectivity index (χ3v) is 5.39. The Morgan fingerprint density at radius 1 is 1.15 bits per heavy atom. The minimum absolute atomic E-state index is 0.110. The number of benzene rings is 2. The molecule has 1 atom stereocenters. The number of aromatic nitrogens is 3. The van der Waals surface area contributed by atoms with Gasteiger partial charge >= 0.3 is 0 Å². The summed E-state index contributed by atoms with van der Waals surface area (Å²) in [6.45, 7) is 2.24. The number of carbonyl (C=O) groups is 1. The number of hydrogen-bond acceptors (Lipinski definition) is 7. The van der Waals surface area contributed by atoms with Gasteiger partial charge in [0.15, 0.2) is 11.5 Å². The molecule has 1 N–H and O–H groups in total. The van der Waals surface area contributed by atoms with E-state index in [1.807, 2.05) is 61.5 Å². The van der Waals surface area contributed by atoms with Gasteiger partial charge in [-0.15, -0.1) is 0 Å². The van der Waals surface area contributed by atoms with Crippen molar-refractivity contribution in [1.29, 1.82) is 0 Å². The van der Waals surface area contributed by atoms with E-state index in [9.17, 15) is 4.79 Å². The average Bonchev–Trinajstić information content (AvgIpc) is 3.58. The molecule has 5 rings (SSSR count). The van der Waals surface area contributed by atoms with Crippen molar-refractivity contribution in [2.75, 3.05) is 13.9 Å². The van der Waals surface area contributed by atoms with Crippen LogP contribution in [0.5, 0.6) is 17.2 Å². The normalized spacial score (nSPS) is 13.0. The number of nitrogens with zero attached hydrogens (tertiary/aromatic N) is 3. The lowest BCUT2D eigenvalue weighted by Gasteiger charge is -2.16. The SMILES string of the molecule is COc1cccc(C(C)NC(=O)Cn2cccc2-c2nc(-c3ccc4c(c3)OCO4)no2)c1. The summed E-state index contributed by atoms with van der Waals surface area (Å²) in [5.41, 5.74) is 2.36. The minimum Gasteiger partial charge on any atom is -0.497 e. The molecular formula is C24H22N4O5. The third kappa shape index (κ3) is 4.25. The van der Waals surface area contributed by atoms with E-state index in [0.29, 0.717) is 28.9 Å². The number of methoxy groups -OCH3 is 1. The van der Waals surface area contributed by atoms with Crippen molar-refractivity contribution in [2.24, 2.45) is 0 Å². The molecule has 9 heteroatoms. The van der Waals surface area contributed by atoms with Gasteiger partial charge < -0.3 is 28.6 Å². The van der Waals surface area contributed by atoms with Crippen LogP contribution < -0.4 is 19.5 Å². The monoisotopic (exact) mass is 446 g/mol. The van der Waals surface area contributed by atoms with E-state index in [1.165, 1.54) is 0 Å². The molecule has 0 radical (unpaired) electrons. The van der Waals surface area contributed by atoms with Gasteiger partial charge in [-0.05, 0) is 55.0 Å². The van der Waals surface area contributed by atoms with Crippen LogP contribution in [0.1, 0.15) is 18.5 Å². The van der Waals surface area contributed by atoms with Gasteiger partial charge in [0, 0.05) is 11.8 Å². The standard InChI is InChI=1S/C24H22N4O5/c1-15(16-5-3-6-18(11-16)30-2)25-22(29)13-28-10-4-7-19(28)24-26-23(27-33-24)17-8-9-20-21(12-17)32-14-31-20/h3-12,15H,13-14H2,1-2H3,(H,25,29). The zero-order valence-corrected chi connectivity index (χ0v) is 18.1. The molecule has 1 aliphatic heterocycles. The molecule has 9 nitrogen and oxygen atoms in total. The van der Waals surface area contributed by atoms with Crippen molar-refractivity contribution in [3.8, 4) is 40.2 Å². The first-order valence-electron chi connectivity index (χ1n) is 10.4. The number of carbonyl (C=O) groups excluding carboxylic acids is 1. The highest BCUT2D eigenvalue weighted by atomic mass is 16.7. The first-order valence-corrected chi connectivity index (χ1v) is 10.4. The molecule has 33 heavy (non-hydrogen) atoms. The van der Waals surface area contributed by atoms with Gasteiger partial charge in [-0.3, -0.25) is 4.79 Å². The maximum Gasteiger partial charge on any atom is 0.274 e. The molecule has 0 fully saturated rings. The molecule has 2 aromatic heterocycles. The molecular weight excluding hydrogens is 424 g/mol. The van der Waals surface area contributed by atoms with Crippen LogP contribution in [-0.4, -0.2) is 34.5 Å². The number of rotatable bonds is 7. The van der Waals surface area contributed by atoms with E-state index in [0.717, 1.165) is 16.9 Å². The van der Waals surface area contributed by atoms with Crippen LogP contribution in [0, 0.1) is 0 Å². The van der Waals surface area contributed by atoms with Crippen LogP contribution >= 0.6 is 0 Å². The second kappa shape index (κ2) is 8.70. The lowest BCUT2D eigenvalue weighted by Crippen LogP contribution is -2.30. The van der Waals surface area contributed by atoms with Gasteiger partial charge in [-0.2, -0.15) is 4.98 Å². The van der Waals surface area contributed by atoms with E-state index in [2.05, 4.69) is 15.5 Å². The van der Waals surface area contributed by atoms with E-state index < -0.39 is 0 Å². The van der Waals surface area contributed by atoms with Crippen LogP contribution in [0.15, 0.2) is 65.3 Å². The first kappa shape index (κ1) is 20.6. The fourth-order valence-corrected chi connectivity index (χ4v) is 3.66. The summed E-state index contributed by atoms with van der Waals surface area (Å²) in [5.74, 6) is 2.68. The van der Waals surface area contributed by atoms with Crippen LogP contribution in [0.3, 0.4) is 0 Å². The Kier molecular flexibility index (Phi) is 5.43. The smallest absolute Gasteiger partial charge is 0.274 e. The van der Waals surface area contributed by atoms with Crippen LogP contribution in [0.2, 0.25) is 0 Å². The van der Waals surface area contributed by atoms with Gasteiger partial charge in [-0.25, -0.2) is 0 Å². The zero-order valence-electron chi connectivity index (χ0n) is 18.1. The number of ether oxygens (including phenoxy) is 3. The summed E-state index contributed by atoms with van der Waals surface area (Å²) in [5, 5.41) is 7.10. The van der Waals surface area contributed by atoms with Gasteiger partial charge in [0.05, 0.1) is 13.2 Å². The van der Waals surface area contributed by atoms with Gasteiger partial charge in [0.25, 0.3) is 5.89 Å². The van der Waals surface area contributed by atoms with Crippen LogP contribution in [0.25, 0.3) is 23.0 Å². The molecule has 0 spiro atoms. The zero-order chi connectivity index (χ0) is 22.8. The van der Waals surface area contributed by atoms with Crippen molar-refractivity contribution >= 4 is 5.91 Å². The summed E-state index contributed by atoms with van der Waals surface area (Å²) in [4.78, 5) is 17.2. The Morgan fingerprint density at radius 2 is 2.03 bits per heavy atom. The fourth-order valence-electron chi connectivity index (χ4n) is 3.66. The number of amides is 1. The summed E-state index contributed by atoms with van der Waals surface area (Å²) in [6, 6.07) is 16.6. The molecule has 1 unspecified atom stereocenters. The largest absolute Gasteiger partial charge is 0.497 e. The molecule has 168 valence electrons. The minimum atomic E-state index is -0.173. The van der Waals surface area contributed by atoms with Crippen molar-refractivity contribution in [3.05, 3.63) is 66.4 Å². The van der Waals surface area contributed by atoms with E-state index >= 15 is 0 Å². The average molecular weight is 446 g/mol. The molecule has 0 bridgehead atoms. The Labute approximate surface area is 189 Å². The maximum atomic E-state index is 12.7. The second-order valence-electron chi connectivity index (χ2n) is 7.58. The van der Waals surface area contributed by atoms with E-state index in [4.69, 9.17) is 18.7 Å². The Morgan fingerprint density at radius 3 is 2.91 bits per heavy atom. The van der Waals surface area contributed by atoms with Gasteiger partial charge in [-0.1, -0.05) is 17.3 Å². The highest BCUT2D eigenvalue weighted by molar-refractivity contribution is 5.77. The molecule has 1 amide bonds. The van der Waals surface area contributed by atoms with Crippen LogP contribution in [0.4, 0.5) is 0 Å². The highest BCUT2D eigenvalue weighted by Crippen LogP contribution is 2.35. The lowest BCUT2D eigenvalue weighted by atomic mass is 10.1. The molecule has 4 aromatic rings. The number of hydrogen-bond donors (Lipinski definition) is 1. The third-order valence-electron chi connectivity index (χ3n) is 5.39.